The molecule has 33 heavy (non-hydrogen) atoms. The smallest absolute Gasteiger partial charge is 0.251 e. The van der Waals surface area contributed by atoms with Gasteiger partial charge in [0.2, 0.25) is 0 Å². The Bertz CT molecular complexity index is 1480. The van der Waals surface area contributed by atoms with Crippen molar-refractivity contribution < 1.29 is 13.2 Å². The van der Waals surface area contributed by atoms with Crippen LogP contribution in [0.25, 0.3) is 44.7 Å². The maximum Gasteiger partial charge on any atom is 0.251 e. The number of aromatic nitrogens is 7. The van der Waals surface area contributed by atoms with Crippen LogP contribution < -0.4 is 4.90 Å². The van der Waals surface area contributed by atoms with Crippen molar-refractivity contribution in [1.29, 1.82) is 0 Å². The summed E-state index contributed by atoms with van der Waals surface area (Å²) in [6.07, 6.45) is 7.19. The van der Waals surface area contributed by atoms with Crippen molar-refractivity contribution in [3.05, 3.63) is 48.9 Å². The van der Waals surface area contributed by atoms with Gasteiger partial charge in [-0.2, -0.15) is 5.10 Å². The molecule has 0 aliphatic carbocycles. The molecule has 1 aliphatic heterocycles. The van der Waals surface area contributed by atoms with Crippen molar-refractivity contribution >= 4 is 27.6 Å². The van der Waals surface area contributed by atoms with E-state index in [1.807, 2.05) is 4.90 Å². The number of fused-ring (bicyclic) bond motifs is 2. The number of piperidine rings is 1. The predicted octanol–water partition coefficient (Wildman–Crippen LogP) is 4.33. The van der Waals surface area contributed by atoms with Gasteiger partial charge in [0, 0.05) is 43.1 Å². The Hall–Kier alpha value is -4.02. The van der Waals surface area contributed by atoms with E-state index in [-0.39, 0.29) is 25.9 Å². The van der Waals surface area contributed by atoms with E-state index < -0.39 is 11.7 Å². The van der Waals surface area contributed by atoms with E-state index in [1.165, 1.54) is 12.3 Å². The number of nitrogens with zero attached hydrogens (tertiary/aromatic N) is 6. The number of imidazole rings is 1. The SMILES string of the molecule is Fc1cncc(-c2cc3c(-c4nc5c(N6CCC(F)(F)CC6)cncc5[nH]4)n[nH]c3cn2)c1. The fourth-order valence-electron chi connectivity index (χ4n) is 4.14. The minimum absolute atomic E-state index is 0.199. The third-order valence-corrected chi connectivity index (χ3v) is 5.88. The number of anilines is 1. The zero-order valence-corrected chi connectivity index (χ0v) is 17.2. The first-order valence-corrected chi connectivity index (χ1v) is 10.4. The standard InChI is InChI=1S/C22H17F3N8/c23-13-5-12(7-26-8-13)15-6-14-16(10-28-15)31-32-19(14)21-29-17-9-27-11-18(20(17)30-21)33-3-1-22(24,25)2-4-33/h5-11H,1-4H2,(H,29,30)(H,31,32). The Morgan fingerprint density at radius 3 is 2.58 bits per heavy atom. The van der Waals surface area contributed by atoms with E-state index in [1.54, 1.807) is 24.7 Å². The molecule has 5 aromatic heterocycles. The van der Waals surface area contributed by atoms with Gasteiger partial charge in [-0.1, -0.05) is 0 Å². The van der Waals surface area contributed by atoms with Gasteiger partial charge >= 0.3 is 0 Å². The Balaban J connectivity index is 1.42. The topological polar surface area (TPSA) is 99.3 Å². The number of hydrogen-bond acceptors (Lipinski definition) is 6. The maximum absolute atomic E-state index is 13.6. The van der Waals surface area contributed by atoms with Crippen LogP contribution in [0.5, 0.6) is 0 Å². The molecule has 8 nitrogen and oxygen atoms in total. The van der Waals surface area contributed by atoms with E-state index in [4.69, 9.17) is 4.98 Å². The largest absolute Gasteiger partial charge is 0.368 e. The lowest BCUT2D eigenvalue weighted by Gasteiger charge is -2.33. The molecule has 0 bridgehead atoms. The van der Waals surface area contributed by atoms with Crippen molar-refractivity contribution in [3.8, 4) is 22.8 Å². The molecule has 6 heterocycles. The van der Waals surface area contributed by atoms with Crippen molar-refractivity contribution in [3.63, 3.8) is 0 Å². The van der Waals surface area contributed by atoms with Crippen molar-refractivity contribution in [1.82, 2.24) is 35.1 Å². The van der Waals surface area contributed by atoms with Gasteiger partial charge in [0.15, 0.2) is 5.82 Å². The number of hydrogen-bond donors (Lipinski definition) is 2. The van der Waals surface area contributed by atoms with Gasteiger partial charge in [0.1, 0.15) is 17.0 Å². The normalized spacial score (nSPS) is 16.0. The molecule has 6 rings (SSSR count). The highest BCUT2D eigenvalue weighted by Crippen LogP contribution is 2.34. The molecule has 0 saturated carbocycles. The van der Waals surface area contributed by atoms with Gasteiger partial charge < -0.3 is 9.88 Å². The summed E-state index contributed by atoms with van der Waals surface area (Å²) >= 11 is 0. The summed E-state index contributed by atoms with van der Waals surface area (Å²) in [5, 5.41) is 8.07. The average Bonchev–Trinajstić information content (AvgIpc) is 3.42. The van der Waals surface area contributed by atoms with Crippen molar-refractivity contribution in [2.24, 2.45) is 0 Å². The van der Waals surface area contributed by atoms with Crippen LogP contribution in [-0.4, -0.2) is 54.1 Å². The summed E-state index contributed by atoms with van der Waals surface area (Å²) in [5.74, 6) is -2.58. The number of aromatic amines is 2. The molecule has 5 aromatic rings. The average molecular weight is 450 g/mol. The van der Waals surface area contributed by atoms with E-state index in [9.17, 15) is 13.2 Å². The zero-order valence-electron chi connectivity index (χ0n) is 17.2. The summed E-state index contributed by atoms with van der Waals surface area (Å²) < 4.78 is 40.9. The minimum atomic E-state index is -2.63. The number of pyridine rings is 3. The number of nitrogens with one attached hydrogen (secondary N) is 2. The zero-order chi connectivity index (χ0) is 22.6. The molecule has 0 spiro atoms. The molecular weight excluding hydrogens is 433 g/mol. The van der Waals surface area contributed by atoms with Gasteiger partial charge in [0.05, 0.1) is 47.2 Å². The van der Waals surface area contributed by atoms with Crippen molar-refractivity contribution in [2.75, 3.05) is 18.0 Å². The Labute approximate surface area is 184 Å². The highest BCUT2D eigenvalue weighted by molar-refractivity contribution is 5.96. The molecule has 0 radical (unpaired) electrons. The molecule has 1 saturated heterocycles. The number of rotatable bonds is 3. The quantitative estimate of drug-likeness (QED) is 0.424. The van der Waals surface area contributed by atoms with Crippen LogP contribution in [0, 0.1) is 5.82 Å². The molecule has 11 heteroatoms. The van der Waals surface area contributed by atoms with E-state index in [0.29, 0.717) is 45.0 Å². The second-order valence-corrected chi connectivity index (χ2v) is 8.06. The van der Waals surface area contributed by atoms with E-state index in [0.717, 1.165) is 11.6 Å². The van der Waals surface area contributed by atoms with Crippen LogP contribution in [0.1, 0.15) is 12.8 Å². The highest BCUT2D eigenvalue weighted by atomic mass is 19.3. The number of alkyl halides is 2. The second kappa shape index (κ2) is 7.26. The molecular formula is C22H17F3N8. The molecule has 2 N–H and O–H groups in total. The van der Waals surface area contributed by atoms with Crippen LogP contribution in [0.2, 0.25) is 0 Å². The van der Waals surface area contributed by atoms with Gasteiger partial charge in [-0.25, -0.2) is 18.2 Å². The Morgan fingerprint density at radius 1 is 0.939 bits per heavy atom. The first-order valence-electron chi connectivity index (χ1n) is 10.4. The first kappa shape index (κ1) is 19.6. The lowest BCUT2D eigenvalue weighted by Crippen LogP contribution is -2.39. The van der Waals surface area contributed by atoms with E-state index in [2.05, 4.69) is 30.1 Å². The first-order chi connectivity index (χ1) is 16.0. The fourth-order valence-corrected chi connectivity index (χ4v) is 4.14. The molecule has 166 valence electrons. The summed E-state index contributed by atoms with van der Waals surface area (Å²) in [6.45, 7) is 0.468. The van der Waals surface area contributed by atoms with Gasteiger partial charge in [-0.15, -0.1) is 0 Å². The summed E-state index contributed by atoms with van der Waals surface area (Å²) in [6, 6.07) is 3.16. The van der Waals surface area contributed by atoms with Gasteiger partial charge in [-0.05, 0) is 12.1 Å². The monoisotopic (exact) mass is 450 g/mol. The maximum atomic E-state index is 13.6. The molecule has 0 atom stereocenters. The predicted molar refractivity (Wildman–Crippen MR) is 116 cm³/mol. The fraction of sp³-hybridized carbons (Fsp3) is 0.227. The Kier molecular flexibility index (Phi) is 4.32. The minimum Gasteiger partial charge on any atom is -0.368 e. The lowest BCUT2D eigenvalue weighted by atomic mass is 10.1. The molecule has 0 amide bonds. The molecule has 0 aromatic carbocycles. The number of H-pyrrole nitrogens is 2. The van der Waals surface area contributed by atoms with Crippen LogP contribution in [0.4, 0.5) is 18.9 Å². The highest BCUT2D eigenvalue weighted by Gasteiger charge is 2.34. The van der Waals surface area contributed by atoms with Crippen LogP contribution in [0.3, 0.4) is 0 Å². The van der Waals surface area contributed by atoms with Crippen LogP contribution in [-0.2, 0) is 0 Å². The van der Waals surface area contributed by atoms with Crippen molar-refractivity contribution in [2.45, 2.75) is 18.8 Å². The lowest BCUT2D eigenvalue weighted by molar-refractivity contribution is -0.0220. The third-order valence-electron chi connectivity index (χ3n) is 5.88. The second-order valence-electron chi connectivity index (χ2n) is 8.06. The molecule has 1 aliphatic rings. The number of halogens is 3. The third kappa shape index (κ3) is 3.45. The van der Waals surface area contributed by atoms with Gasteiger partial charge in [0.25, 0.3) is 5.92 Å². The molecule has 1 fully saturated rings. The van der Waals surface area contributed by atoms with Crippen LogP contribution >= 0.6 is 0 Å². The summed E-state index contributed by atoms with van der Waals surface area (Å²) in [7, 11) is 0. The van der Waals surface area contributed by atoms with E-state index >= 15 is 0 Å². The Morgan fingerprint density at radius 2 is 1.76 bits per heavy atom. The van der Waals surface area contributed by atoms with Crippen LogP contribution in [0.15, 0.2) is 43.1 Å². The summed E-state index contributed by atoms with van der Waals surface area (Å²) in [5.41, 5.74) is 4.37. The summed E-state index contributed by atoms with van der Waals surface area (Å²) in [4.78, 5) is 22.4. The molecule has 0 unspecified atom stereocenters. The van der Waals surface area contributed by atoms with Gasteiger partial charge in [-0.3, -0.25) is 20.1 Å².